The number of hydrogen-bond donors (Lipinski definition) is 2. The predicted octanol–water partition coefficient (Wildman–Crippen LogP) is 0.962. The standard InChI is InChI=1S/C13H15N3O3S/c1-9-11(8-17)13(15-14-9)20(18,19)16-7-6-10-4-2-3-5-12(10)16/h2-5,17H,6-8H2,1H3,(H,14,15). The summed E-state index contributed by atoms with van der Waals surface area (Å²) in [5.74, 6) is 0. The number of aromatic nitrogens is 2. The van der Waals surface area contributed by atoms with Gasteiger partial charge in [-0.2, -0.15) is 13.5 Å². The van der Waals surface area contributed by atoms with Crippen LogP contribution in [0.1, 0.15) is 16.8 Å². The molecule has 1 aliphatic heterocycles. The third-order valence-corrected chi connectivity index (χ3v) is 5.36. The van der Waals surface area contributed by atoms with Crippen molar-refractivity contribution in [3.63, 3.8) is 0 Å². The van der Waals surface area contributed by atoms with Crippen LogP contribution >= 0.6 is 0 Å². The van der Waals surface area contributed by atoms with Crippen molar-refractivity contribution in [1.82, 2.24) is 10.2 Å². The monoisotopic (exact) mass is 293 g/mol. The number of sulfonamides is 1. The predicted molar refractivity (Wildman–Crippen MR) is 73.9 cm³/mol. The summed E-state index contributed by atoms with van der Waals surface area (Å²) in [6.07, 6.45) is 0.688. The van der Waals surface area contributed by atoms with Crippen molar-refractivity contribution >= 4 is 15.7 Å². The van der Waals surface area contributed by atoms with Crippen LogP contribution in [-0.2, 0) is 23.1 Å². The average molecular weight is 293 g/mol. The third-order valence-electron chi connectivity index (χ3n) is 3.57. The van der Waals surface area contributed by atoms with Crippen LogP contribution < -0.4 is 4.31 Å². The van der Waals surface area contributed by atoms with Gasteiger partial charge in [0.25, 0.3) is 10.0 Å². The first kappa shape index (κ1) is 13.1. The SMILES string of the molecule is Cc1[nH]nc(S(=O)(=O)N2CCc3ccccc32)c1CO. The van der Waals surface area contributed by atoms with Gasteiger partial charge >= 0.3 is 0 Å². The van der Waals surface area contributed by atoms with Gasteiger partial charge in [-0.15, -0.1) is 0 Å². The molecule has 20 heavy (non-hydrogen) atoms. The fraction of sp³-hybridized carbons (Fsp3) is 0.308. The molecule has 106 valence electrons. The molecular formula is C13H15N3O3S. The highest BCUT2D eigenvalue weighted by molar-refractivity contribution is 7.92. The molecule has 2 heterocycles. The van der Waals surface area contributed by atoms with E-state index in [1.807, 2.05) is 18.2 Å². The quantitative estimate of drug-likeness (QED) is 0.882. The number of H-pyrrole nitrogens is 1. The molecule has 1 aromatic carbocycles. The van der Waals surface area contributed by atoms with Crippen molar-refractivity contribution in [2.24, 2.45) is 0 Å². The van der Waals surface area contributed by atoms with Crippen LogP contribution in [0.4, 0.5) is 5.69 Å². The van der Waals surface area contributed by atoms with E-state index in [0.717, 1.165) is 5.56 Å². The number of benzene rings is 1. The number of aliphatic hydroxyl groups is 1. The molecule has 0 radical (unpaired) electrons. The fourth-order valence-corrected chi connectivity index (χ4v) is 4.16. The van der Waals surface area contributed by atoms with Crippen LogP contribution in [0, 0.1) is 6.92 Å². The average Bonchev–Trinajstić information content (AvgIpc) is 3.02. The van der Waals surface area contributed by atoms with Gasteiger partial charge in [-0.05, 0) is 25.0 Å². The van der Waals surface area contributed by atoms with Gasteiger partial charge in [-0.25, -0.2) is 0 Å². The maximum absolute atomic E-state index is 12.7. The lowest BCUT2D eigenvalue weighted by Crippen LogP contribution is -2.30. The summed E-state index contributed by atoms with van der Waals surface area (Å²) in [6, 6.07) is 7.42. The van der Waals surface area contributed by atoms with E-state index < -0.39 is 10.0 Å². The molecule has 6 nitrogen and oxygen atoms in total. The van der Waals surface area contributed by atoms with Crippen molar-refractivity contribution in [3.8, 4) is 0 Å². The number of aliphatic hydroxyl groups excluding tert-OH is 1. The molecule has 0 aliphatic carbocycles. The molecule has 1 aromatic heterocycles. The Balaban J connectivity index is 2.10. The molecule has 1 aliphatic rings. The molecule has 0 amide bonds. The summed E-state index contributed by atoms with van der Waals surface area (Å²) in [5.41, 5.74) is 2.60. The van der Waals surface area contributed by atoms with Crippen LogP contribution in [0.2, 0.25) is 0 Å². The minimum absolute atomic E-state index is 0.0887. The van der Waals surface area contributed by atoms with Crippen LogP contribution in [0.15, 0.2) is 29.3 Å². The normalized spacial score (nSPS) is 14.6. The number of fused-ring (bicyclic) bond motifs is 1. The molecule has 0 saturated carbocycles. The van der Waals surface area contributed by atoms with Crippen molar-refractivity contribution in [2.75, 3.05) is 10.8 Å². The molecule has 0 fully saturated rings. The Bertz CT molecular complexity index is 752. The van der Waals surface area contributed by atoms with Gasteiger partial charge in [-0.3, -0.25) is 9.40 Å². The highest BCUT2D eigenvalue weighted by Gasteiger charge is 2.34. The minimum Gasteiger partial charge on any atom is -0.392 e. The first-order valence-electron chi connectivity index (χ1n) is 6.31. The van der Waals surface area contributed by atoms with Crippen molar-refractivity contribution in [3.05, 3.63) is 41.1 Å². The lowest BCUT2D eigenvalue weighted by Gasteiger charge is -2.18. The Morgan fingerprint density at radius 2 is 2.15 bits per heavy atom. The van der Waals surface area contributed by atoms with Crippen LogP contribution in [0.3, 0.4) is 0 Å². The van der Waals surface area contributed by atoms with E-state index in [4.69, 9.17) is 0 Å². The summed E-state index contributed by atoms with van der Waals surface area (Å²) >= 11 is 0. The van der Waals surface area contributed by atoms with Crippen LogP contribution in [0.25, 0.3) is 0 Å². The van der Waals surface area contributed by atoms with Crippen molar-refractivity contribution < 1.29 is 13.5 Å². The number of rotatable bonds is 3. The lowest BCUT2D eigenvalue weighted by molar-refractivity contribution is 0.277. The number of aryl methyl sites for hydroxylation is 1. The fourth-order valence-electron chi connectivity index (χ4n) is 2.49. The Morgan fingerprint density at radius 1 is 1.40 bits per heavy atom. The highest BCUT2D eigenvalue weighted by atomic mass is 32.2. The van der Waals surface area contributed by atoms with Crippen LogP contribution in [0.5, 0.6) is 0 Å². The second-order valence-corrected chi connectivity index (χ2v) is 6.52. The summed E-state index contributed by atoms with van der Waals surface area (Å²) in [6.45, 7) is 1.74. The Kier molecular flexibility index (Phi) is 3.02. The third kappa shape index (κ3) is 1.82. The number of nitrogens with zero attached hydrogens (tertiary/aromatic N) is 2. The molecule has 0 bridgehead atoms. The van der Waals surface area contributed by atoms with Crippen molar-refractivity contribution in [2.45, 2.75) is 25.0 Å². The summed E-state index contributed by atoms with van der Waals surface area (Å²) < 4.78 is 26.8. The Morgan fingerprint density at radius 3 is 2.90 bits per heavy atom. The molecule has 0 atom stereocenters. The maximum atomic E-state index is 12.7. The lowest BCUT2D eigenvalue weighted by atomic mass is 10.2. The molecule has 3 rings (SSSR count). The van der Waals surface area contributed by atoms with E-state index in [9.17, 15) is 13.5 Å². The highest BCUT2D eigenvalue weighted by Crippen LogP contribution is 2.33. The molecular weight excluding hydrogens is 278 g/mol. The molecule has 2 aromatic rings. The largest absolute Gasteiger partial charge is 0.392 e. The second kappa shape index (κ2) is 4.60. The van der Waals surface area contributed by atoms with E-state index >= 15 is 0 Å². The molecule has 0 unspecified atom stereocenters. The molecule has 0 saturated heterocycles. The molecule has 2 N–H and O–H groups in total. The number of nitrogens with one attached hydrogen (secondary N) is 1. The summed E-state index contributed by atoms with van der Waals surface area (Å²) in [5, 5.41) is 15.7. The van der Waals surface area contributed by atoms with Gasteiger partial charge in [0.05, 0.1) is 12.3 Å². The molecule has 0 spiro atoms. The number of aromatic amines is 1. The number of para-hydroxylation sites is 1. The maximum Gasteiger partial charge on any atom is 0.284 e. The Labute approximate surface area is 117 Å². The molecule has 7 heteroatoms. The van der Waals surface area contributed by atoms with Gasteiger partial charge in [0, 0.05) is 17.8 Å². The van der Waals surface area contributed by atoms with Gasteiger partial charge < -0.3 is 5.11 Å². The van der Waals surface area contributed by atoms with Crippen molar-refractivity contribution in [1.29, 1.82) is 0 Å². The zero-order valence-electron chi connectivity index (χ0n) is 11.0. The summed E-state index contributed by atoms with van der Waals surface area (Å²) in [4.78, 5) is 0. The van der Waals surface area contributed by atoms with E-state index in [1.165, 1.54) is 4.31 Å². The topological polar surface area (TPSA) is 86.3 Å². The van der Waals surface area contributed by atoms with Gasteiger partial charge in [0.2, 0.25) is 5.03 Å². The number of hydrogen-bond acceptors (Lipinski definition) is 4. The Hall–Kier alpha value is -1.86. The first-order valence-corrected chi connectivity index (χ1v) is 7.75. The smallest absolute Gasteiger partial charge is 0.284 e. The number of anilines is 1. The zero-order valence-corrected chi connectivity index (χ0v) is 11.8. The zero-order chi connectivity index (χ0) is 14.3. The van der Waals surface area contributed by atoms with E-state index in [2.05, 4.69) is 10.2 Å². The first-order chi connectivity index (χ1) is 9.55. The van der Waals surface area contributed by atoms with Crippen LogP contribution in [-0.4, -0.2) is 30.3 Å². The summed E-state index contributed by atoms with van der Waals surface area (Å²) in [7, 11) is -3.74. The van der Waals surface area contributed by atoms with E-state index in [1.54, 1.807) is 13.0 Å². The van der Waals surface area contributed by atoms with E-state index in [-0.39, 0.29) is 11.6 Å². The van der Waals surface area contributed by atoms with Gasteiger partial charge in [-0.1, -0.05) is 18.2 Å². The van der Waals surface area contributed by atoms with Gasteiger partial charge in [0.1, 0.15) is 0 Å². The van der Waals surface area contributed by atoms with Gasteiger partial charge in [0.15, 0.2) is 0 Å². The van der Waals surface area contributed by atoms with E-state index in [0.29, 0.717) is 29.9 Å². The second-order valence-electron chi connectivity index (χ2n) is 4.75. The minimum atomic E-state index is -3.74.